The van der Waals surface area contributed by atoms with Gasteiger partial charge in [-0.05, 0) is 18.8 Å². The molecule has 0 saturated heterocycles. The van der Waals surface area contributed by atoms with Crippen LogP contribution in [0.3, 0.4) is 0 Å². The van der Waals surface area contributed by atoms with Crippen LogP contribution in [0.15, 0.2) is 30.3 Å². The fourth-order valence-corrected chi connectivity index (χ4v) is 2.21. The predicted octanol–water partition coefficient (Wildman–Crippen LogP) is 3.95. The van der Waals surface area contributed by atoms with Crippen LogP contribution in [0.25, 0.3) is 0 Å². The zero-order valence-electron chi connectivity index (χ0n) is 10.8. The first-order valence-corrected chi connectivity index (χ1v) is 6.78. The number of benzene rings is 1. The Hall–Kier alpha value is -0.960. The molecule has 0 spiro atoms. The number of alkyl halides is 2. The first kappa shape index (κ1) is 13.5. The molecule has 0 bridgehead atoms. The number of hydrogen-bond donors (Lipinski definition) is 1. The molecule has 1 atom stereocenters. The van der Waals surface area contributed by atoms with E-state index in [4.69, 9.17) is 0 Å². The Morgan fingerprint density at radius 3 is 2.50 bits per heavy atom. The van der Waals surface area contributed by atoms with Crippen LogP contribution in [0.1, 0.15) is 38.2 Å². The average molecular weight is 253 g/mol. The number of nitrogens with one attached hydrogen (secondary N) is 1. The summed E-state index contributed by atoms with van der Waals surface area (Å²) in [7, 11) is 0. The first-order valence-electron chi connectivity index (χ1n) is 6.78. The van der Waals surface area contributed by atoms with Gasteiger partial charge >= 0.3 is 0 Å². The summed E-state index contributed by atoms with van der Waals surface area (Å²) in [6, 6.07) is 8.28. The van der Waals surface area contributed by atoms with Gasteiger partial charge in [0.1, 0.15) is 0 Å². The van der Waals surface area contributed by atoms with Gasteiger partial charge in [0.25, 0.3) is 5.92 Å². The smallest absolute Gasteiger partial charge is 0.285 e. The van der Waals surface area contributed by atoms with Crippen molar-refractivity contribution in [3.05, 3.63) is 35.9 Å². The van der Waals surface area contributed by atoms with Crippen molar-refractivity contribution in [1.29, 1.82) is 0 Å². The molecule has 1 aromatic rings. The van der Waals surface area contributed by atoms with Crippen molar-refractivity contribution in [3.63, 3.8) is 0 Å². The van der Waals surface area contributed by atoms with Crippen LogP contribution in [-0.4, -0.2) is 12.6 Å². The van der Waals surface area contributed by atoms with Gasteiger partial charge in [-0.3, -0.25) is 0 Å². The third kappa shape index (κ3) is 3.77. The highest BCUT2D eigenvalue weighted by atomic mass is 19.3. The average Bonchev–Trinajstić information content (AvgIpc) is 3.19. The lowest BCUT2D eigenvalue weighted by molar-refractivity contribution is -0.00623. The van der Waals surface area contributed by atoms with Gasteiger partial charge in [0.2, 0.25) is 0 Å². The summed E-state index contributed by atoms with van der Waals surface area (Å²) in [6.07, 6.45) is 4.50. The van der Waals surface area contributed by atoms with Crippen molar-refractivity contribution in [2.45, 2.75) is 44.6 Å². The molecule has 18 heavy (non-hydrogen) atoms. The molecule has 1 N–H and O–H groups in total. The lowest BCUT2D eigenvalue weighted by atomic mass is 10.1. The Morgan fingerprint density at radius 2 is 1.94 bits per heavy atom. The fourth-order valence-electron chi connectivity index (χ4n) is 2.21. The highest BCUT2D eigenvalue weighted by Gasteiger charge is 2.32. The van der Waals surface area contributed by atoms with Gasteiger partial charge in [0, 0.05) is 11.6 Å². The highest BCUT2D eigenvalue weighted by Crippen LogP contribution is 2.34. The highest BCUT2D eigenvalue weighted by molar-refractivity contribution is 5.20. The fraction of sp³-hybridized carbons (Fsp3) is 0.600. The minimum Gasteiger partial charge on any atom is -0.308 e. The molecule has 0 aliphatic heterocycles. The third-order valence-electron chi connectivity index (χ3n) is 3.62. The summed E-state index contributed by atoms with van der Waals surface area (Å²) >= 11 is 0. The molecule has 3 heteroatoms. The number of hydrogen-bond acceptors (Lipinski definition) is 1. The monoisotopic (exact) mass is 253 g/mol. The Labute approximate surface area is 108 Å². The van der Waals surface area contributed by atoms with Crippen molar-refractivity contribution in [3.8, 4) is 0 Å². The maximum atomic E-state index is 13.9. The molecule has 0 heterocycles. The van der Waals surface area contributed by atoms with Crippen LogP contribution >= 0.6 is 0 Å². The zero-order valence-corrected chi connectivity index (χ0v) is 10.8. The lowest BCUT2D eigenvalue weighted by Crippen LogP contribution is -2.37. The van der Waals surface area contributed by atoms with Gasteiger partial charge in [-0.15, -0.1) is 0 Å². The van der Waals surface area contributed by atoms with Crippen molar-refractivity contribution >= 4 is 0 Å². The molecule has 0 radical (unpaired) electrons. The Kier molecular flexibility index (Phi) is 4.33. The maximum Gasteiger partial charge on any atom is 0.285 e. The lowest BCUT2D eigenvalue weighted by Gasteiger charge is -2.22. The molecular formula is C15H21F2N. The number of rotatable bonds is 7. The van der Waals surface area contributed by atoms with Gasteiger partial charge in [0.15, 0.2) is 0 Å². The minimum absolute atomic E-state index is 0.0961. The van der Waals surface area contributed by atoms with E-state index in [-0.39, 0.29) is 18.2 Å². The first-order chi connectivity index (χ1) is 8.62. The van der Waals surface area contributed by atoms with E-state index in [9.17, 15) is 8.78 Å². The molecule has 1 aliphatic carbocycles. The molecule has 2 rings (SSSR count). The summed E-state index contributed by atoms with van der Waals surface area (Å²) in [5.74, 6) is -2.01. The molecule has 100 valence electrons. The van der Waals surface area contributed by atoms with Gasteiger partial charge in [-0.2, -0.15) is 8.78 Å². The van der Waals surface area contributed by atoms with Crippen LogP contribution in [-0.2, 0) is 5.92 Å². The van der Waals surface area contributed by atoms with Crippen molar-refractivity contribution in [1.82, 2.24) is 5.32 Å². The second-order valence-corrected chi connectivity index (χ2v) is 5.24. The van der Waals surface area contributed by atoms with Crippen molar-refractivity contribution < 1.29 is 8.78 Å². The van der Waals surface area contributed by atoms with Gasteiger partial charge < -0.3 is 5.32 Å². The summed E-state index contributed by atoms with van der Waals surface area (Å²) in [4.78, 5) is 0. The number of halogens is 2. The molecule has 1 fully saturated rings. The summed E-state index contributed by atoms with van der Waals surface area (Å²) in [5, 5.41) is 3.03. The van der Waals surface area contributed by atoms with Crippen molar-refractivity contribution in [2.75, 3.05) is 6.54 Å². The van der Waals surface area contributed by atoms with Crippen LogP contribution < -0.4 is 5.32 Å². The second kappa shape index (κ2) is 5.79. The van der Waals surface area contributed by atoms with E-state index in [2.05, 4.69) is 12.2 Å². The molecule has 1 aromatic carbocycles. The summed E-state index contributed by atoms with van der Waals surface area (Å²) < 4.78 is 27.9. The largest absolute Gasteiger partial charge is 0.308 e. The van der Waals surface area contributed by atoms with Gasteiger partial charge in [-0.25, -0.2) is 0 Å². The Balaban J connectivity index is 1.87. The molecule has 1 nitrogen and oxygen atoms in total. The van der Waals surface area contributed by atoms with E-state index in [0.717, 1.165) is 18.8 Å². The van der Waals surface area contributed by atoms with E-state index in [1.54, 1.807) is 18.2 Å². The van der Waals surface area contributed by atoms with Gasteiger partial charge in [-0.1, -0.05) is 50.1 Å². The van der Waals surface area contributed by atoms with E-state index >= 15 is 0 Å². The predicted molar refractivity (Wildman–Crippen MR) is 69.8 cm³/mol. The quantitative estimate of drug-likeness (QED) is 0.776. The molecule has 1 unspecified atom stereocenters. The third-order valence-corrected chi connectivity index (χ3v) is 3.62. The van der Waals surface area contributed by atoms with Crippen LogP contribution in [0.5, 0.6) is 0 Å². The molecule has 1 aliphatic rings. The Morgan fingerprint density at radius 1 is 1.28 bits per heavy atom. The second-order valence-electron chi connectivity index (χ2n) is 5.24. The van der Waals surface area contributed by atoms with E-state index in [1.807, 2.05) is 0 Å². The topological polar surface area (TPSA) is 12.0 Å². The normalized spacial score (nSPS) is 17.7. The molecule has 0 amide bonds. The molecular weight excluding hydrogens is 232 g/mol. The Bertz CT molecular complexity index is 360. The maximum absolute atomic E-state index is 13.9. The van der Waals surface area contributed by atoms with E-state index < -0.39 is 5.92 Å². The molecule has 0 aromatic heterocycles. The zero-order chi connectivity index (χ0) is 13.0. The van der Waals surface area contributed by atoms with Crippen LogP contribution in [0.4, 0.5) is 8.78 Å². The van der Waals surface area contributed by atoms with Gasteiger partial charge in [0.05, 0.1) is 6.54 Å². The standard InChI is InChI=1S/C15H21F2N/c1-2-14(10-12-8-9-12)18-11-15(16,17)13-6-4-3-5-7-13/h3-7,12,14,18H,2,8-11H2,1H3. The van der Waals surface area contributed by atoms with E-state index in [0.29, 0.717) is 0 Å². The van der Waals surface area contributed by atoms with Crippen LogP contribution in [0, 0.1) is 5.92 Å². The van der Waals surface area contributed by atoms with Crippen molar-refractivity contribution in [2.24, 2.45) is 5.92 Å². The SMILES string of the molecule is CCC(CC1CC1)NCC(F)(F)c1ccccc1. The molecule has 1 saturated carbocycles. The van der Waals surface area contributed by atoms with E-state index in [1.165, 1.54) is 25.0 Å². The summed E-state index contributed by atoms with van der Waals surface area (Å²) in [5.41, 5.74) is 0.0961. The summed E-state index contributed by atoms with van der Waals surface area (Å²) in [6.45, 7) is 1.79. The minimum atomic E-state index is -2.78. The van der Waals surface area contributed by atoms with Crippen LogP contribution in [0.2, 0.25) is 0 Å².